The lowest BCUT2D eigenvalue weighted by Crippen LogP contribution is -2.39. The monoisotopic (exact) mass is 495 g/mol. The maximum absolute atomic E-state index is 6.25. The summed E-state index contributed by atoms with van der Waals surface area (Å²) < 4.78 is 11.1. The molecule has 0 radical (unpaired) electrons. The molecule has 1 aliphatic rings. The smallest absolute Gasteiger partial charge is 0.191 e. The van der Waals surface area contributed by atoms with Crippen LogP contribution in [0, 0.1) is 5.92 Å². The summed E-state index contributed by atoms with van der Waals surface area (Å²) in [5.41, 5.74) is 1.06. The lowest BCUT2D eigenvalue weighted by atomic mass is 10.0. The van der Waals surface area contributed by atoms with Crippen molar-refractivity contribution in [3.05, 3.63) is 34.9 Å². The molecule has 1 saturated heterocycles. The van der Waals surface area contributed by atoms with Gasteiger partial charge < -0.3 is 20.1 Å². The molecule has 1 aliphatic heterocycles. The largest absolute Gasteiger partial charge is 0.381 e. The zero-order valence-electron chi connectivity index (χ0n) is 15.7. The van der Waals surface area contributed by atoms with Gasteiger partial charge in [0.15, 0.2) is 5.96 Å². The third-order valence-electron chi connectivity index (χ3n) is 4.40. The molecule has 1 unspecified atom stereocenters. The lowest BCUT2D eigenvalue weighted by molar-refractivity contribution is 0.0203. The number of nitrogens with zero attached hydrogens (tertiary/aromatic N) is 1. The molecule has 5 nitrogen and oxygen atoms in total. The van der Waals surface area contributed by atoms with Gasteiger partial charge in [-0.3, -0.25) is 4.99 Å². The van der Waals surface area contributed by atoms with Crippen LogP contribution in [-0.2, 0) is 9.47 Å². The van der Waals surface area contributed by atoms with Crippen LogP contribution in [0.4, 0.5) is 0 Å². The number of hydrogen-bond donors (Lipinski definition) is 2. The van der Waals surface area contributed by atoms with Gasteiger partial charge in [-0.05, 0) is 43.7 Å². The SMILES string of the molecule is CN=C(NCCCOCC1CCOCC1)NC(C)c1ccccc1Cl.I. The Balaban J connectivity index is 0.00000338. The molecular weight excluding hydrogens is 465 g/mol. The molecule has 0 spiro atoms. The van der Waals surface area contributed by atoms with E-state index in [9.17, 15) is 0 Å². The second-order valence-corrected chi connectivity index (χ2v) is 6.78. The zero-order chi connectivity index (χ0) is 17.9. The van der Waals surface area contributed by atoms with Gasteiger partial charge in [0.25, 0.3) is 0 Å². The highest BCUT2D eigenvalue weighted by molar-refractivity contribution is 14.0. The molecule has 0 amide bonds. The second-order valence-electron chi connectivity index (χ2n) is 6.37. The van der Waals surface area contributed by atoms with Gasteiger partial charge in [0, 0.05) is 45.0 Å². The van der Waals surface area contributed by atoms with E-state index in [1.54, 1.807) is 7.05 Å². The van der Waals surface area contributed by atoms with Crippen molar-refractivity contribution >= 4 is 41.5 Å². The lowest BCUT2D eigenvalue weighted by Gasteiger charge is -2.22. The molecule has 1 aromatic rings. The molecule has 1 fully saturated rings. The summed E-state index contributed by atoms with van der Waals surface area (Å²) in [6, 6.07) is 7.94. The van der Waals surface area contributed by atoms with E-state index < -0.39 is 0 Å². The highest BCUT2D eigenvalue weighted by atomic mass is 127. The van der Waals surface area contributed by atoms with Gasteiger partial charge >= 0.3 is 0 Å². The highest BCUT2D eigenvalue weighted by Gasteiger charge is 2.13. The Labute approximate surface area is 179 Å². The molecular formula is C19H31ClIN3O2. The van der Waals surface area contributed by atoms with Crippen LogP contribution in [0.25, 0.3) is 0 Å². The Bertz CT molecular complexity index is 539. The fourth-order valence-electron chi connectivity index (χ4n) is 2.85. The first kappa shape index (κ1) is 23.5. The average molecular weight is 496 g/mol. The van der Waals surface area contributed by atoms with Crippen molar-refractivity contribution in [3.8, 4) is 0 Å². The Morgan fingerprint density at radius 1 is 1.35 bits per heavy atom. The Hall–Kier alpha value is -0.570. The quantitative estimate of drug-likeness (QED) is 0.248. The average Bonchev–Trinajstić information content (AvgIpc) is 2.64. The molecule has 2 N–H and O–H groups in total. The first-order valence-electron chi connectivity index (χ1n) is 9.07. The van der Waals surface area contributed by atoms with Crippen LogP contribution in [0.3, 0.4) is 0 Å². The van der Waals surface area contributed by atoms with Gasteiger partial charge in [-0.25, -0.2) is 0 Å². The molecule has 0 saturated carbocycles. The standard InChI is InChI=1S/C19H30ClN3O2.HI/c1-15(17-6-3-4-7-18(17)20)23-19(21-2)22-10-5-11-25-14-16-8-12-24-13-9-16;/h3-4,6-7,15-16H,5,8-14H2,1-2H3,(H2,21,22,23);1H. The molecule has 0 bridgehead atoms. The fraction of sp³-hybridized carbons (Fsp3) is 0.632. The van der Waals surface area contributed by atoms with E-state index in [0.717, 1.165) is 68.8 Å². The van der Waals surface area contributed by atoms with Crippen molar-refractivity contribution in [2.75, 3.05) is 40.0 Å². The minimum atomic E-state index is 0. The molecule has 1 heterocycles. The summed E-state index contributed by atoms with van der Waals surface area (Å²) in [6.45, 7) is 6.26. The van der Waals surface area contributed by atoms with Gasteiger partial charge in [-0.2, -0.15) is 0 Å². The summed E-state index contributed by atoms with van der Waals surface area (Å²) in [5.74, 6) is 1.43. The molecule has 1 atom stereocenters. The summed E-state index contributed by atoms with van der Waals surface area (Å²) in [7, 11) is 1.77. The fourth-order valence-corrected chi connectivity index (χ4v) is 3.15. The molecule has 0 aromatic heterocycles. The van der Waals surface area contributed by atoms with Crippen LogP contribution in [0.1, 0.15) is 37.8 Å². The number of benzene rings is 1. The van der Waals surface area contributed by atoms with Gasteiger partial charge in [-0.1, -0.05) is 29.8 Å². The van der Waals surface area contributed by atoms with E-state index in [0.29, 0.717) is 5.92 Å². The normalized spacial score (nSPS) is 16.7. The Kier molecular flexibility index (Phi) is 12.3. The van der Waals surface area contributed by atoms with Crippen molar-refractivity contribution < 1.29 is 9.47 Å². The second kappa shape index (κ2) is 13.6. The molecule has 148 valence electrons. The molecule has 7 heteroatoms. The van der Waals surface area contributed by atoms with E-state index in [1.165, 1.54) is 0 Å². The predicted octanol–water partition coefficient (Wildman–Crippen LogP) is 4.02. The van der Waals surface area contributed by atoms with Crippen LogP contribution in [0.5, 0.6) is 0 Å². The highest BCUT2D eigenvalue weighted by Crippen LogP contribution is 2.21. The molecule has 26 heavy (non-hydrogen) atoms. The van der Waals surface area contributed by atoms with Gasteiger partial charge in [0.05, 0.1) is 6.04 Å². The minimum absolute atomic E-state index is 0. The first-order chi connectivity index (χ1) is 12.2. The first-order valence-corrected chi connectivity index (χ1v) is 9.45. The van der Waals surface area contributed by atoms with E-state index in [-0.39, 0.29) is 30.0 Å². The number of ether oxygens (including phenoxy) is 2. The summed E-state index contributed by atoms with van der Waals surface area (Å²) >= 11 is 6.25. The van der Waals surface area contributed by atoms with Crippen molar-refractivity contribution in [1.29, 1.82) is 0 Å². The van der Waals surface area contributed by atoms with Crippen LogP contribution < -0.4 is 10.6 Å². The number of guanidine groups is 1. The molecule has 0 aliphatic carbocycles. The number of hydrogen-bond acceptors (Lipinski definition) is 3. The predicted molar refractivity (Wildman–Crippen MR) is 119 cm³/mol. The maximum Gasteiger partial charge on any atom is 0.191 e. The Morgan fingerprint density at radius 2 is 2.08 bits per heavy atom. The molecule has 1 aromatic carbocycles. The van der Waals surface area contributed by atoms with Crippen LogP contribution in [-0.4, -0.2) is 46.0 Å². The van der Waals surface area contributed by atoms with Crippen LogP contribution in [0.15, 0.2) is 29.3 Å². The summed E-state index contributed by atoms with van der Waals surface area (Å²) in [5, 5.41) is 7.45. The topological polar surface area (TPSA) is 54.9 Å². The van der Waals surface area contributed by atoms with Gasteiger partial charge in [0.1, 0.15) is 0 Å². The number of halogens is 2. The number of rotatable bonds is 8. The summed E-state index contributed by atoms with van der Waals surface area (Å²) in [6.07, 6.45) is 3.19. The van der Waals surface area contributed by atoms with Crippen molar-refractivity contribution in [3.63, 3.8) is 0 Å². The van der Waals surface area contributed by atoms with Gasteiger partial charge in [0.2, 0.25) is 0 Å². The minimum Gasteiger partial charge on any atom is -0.381 e. The third kappa shape index (κ3) is 8.41. The third-order valence-corrected chi connectivity index (χ3v) is 4.75. The number of nitrogens with one attached hydrogen (secondary N) is 2. The van der Waals surface area contributed by atoms with Crippen molar-refractivity contribution in [2.24, 2.45) is 10.9 Å². The maximum atomic E-state index is 6.25. The van der Waals surface area contributed by atoms with Gasteiger partial charge in [-0.15, -0.1) is 24.0 Å². The Morgan fingerprint density at radius 3 is 2.77 bits per heavy atom. The van der Waals surface area contributed by atoms with Crippen LogP contribution >= 0.6 is 35.6 Å². The van der Waals surface area contributed by atoms with Crippen molar-refractivity contribution in [1.82, 2.24) is 10.6 Å². The van der Waals surface area contributed by atoms with Crippen molar-refractivity contribution in [2.45, 2.75) is 32.2 Å². The number of aliphatic imine (C=N–C) groups is 1. The molecule has 2 rings (SSSR count). The van der Waals surface area contributed by atoms with E-state index in [2.05, 4.69) is 22.5 Å². The van der Waals surface area contributed by atoms with E-state index >= 15 is 0 Å². The van der Waals surface area contributed by atoms with E-state index in [1.807, 2.05) is 24.3 Å². The zero-order valence-corrected chi connectivity index (χ0v) is 18.8. The van der Waals surface area contributed by atoms with E-state index in [4.69, 9.17) is 21.1 Å². The van der Waals surface area contributed by atoms with Crippen LogP contribution in [0.2, 0.25) is 5.02 Å². The summed E-state index contributed by atoms with van der Waals surface area (Å²) in [4.78, 5) is 4.27.